The third kappa shape index (κ3) is 4.50. The van der Waals surface area contributed by atoms with Gasteiger partial charge in [-0.25, -0.2) is 4.98 Å². The second-order valence-electron chi connectivity index (χ2n) is 7.87. The van der Waals surface area contributed by atoms with Crippen LogP contribution in [0.2, 0.25) is 0 Å². The number of carbonyl (C=O) groups is 1. The molecule has 3 rings (SSSR count). The van der Waals surface area contributed by atoms with Crippen molar-refractivity contribution in [2.45, 2.75) is 32.1 Å². The van der Waals surface area contributed by atoms with Crippen LogP contribution in [0.3, 0.4) is 0 Å². The molecule has 0 aliphatic carbocycles. The minimum atomic E-state index is -1.06. The number of hydrogen-bond donors (Lipinski definition) is 1. The number of aliphatic carboxylic acids is 1. The van der Waals surface area contributed by atoms with Crippen LogP contribution < -0.4 is 9.80 Å². The van der Waals surface area contributed by atoms with Crippen LogP contribution in [-0.4, -0.2) is 74.2 Å². The predicted octanol–water partition coefficient (Wildman–Crippen LogP) is 1.54. The van der Waals surface area contributed by atoms with Crippen molar-refractivity contribution in [2.24, 2.45) is 5.92 Å². The first kappa shape index (κ1) is 19.8. The van der Waals surface area contributed by atoms with E-state index >= 15 is 0 Å². The van der Waals surface area contributed by atoms with E-state index in [4.69, 9.17) is 14.5 Å². The van der Waals surface area contributed by atoms with Crippen LogP contribution in [0.4, 0.5) is 11.8 Å². The van der Waals surface area contributed by atoms with Gasteiger partial charge >= 0.3 is 5.97 Å². The lowest BCUT2D eigenvalue weighted by Gasteiger charge is -2.33. The Bertz CT molecular complexity index is 655. The zero-order valence-electron chi connectivity index (χ0n) is 16.5. The molecule has 0 aromatic carbocycles. The normalized spacial score (nSPS) is 19.1. The van der Waals surface area contributed by atoms with E-state index in [0.717, 1.165) is 32.6 Å². The molecule has 0 amide bonds. The summed E-state index contributed by atoms with van der Waals surface area (Å²) >= 11 is 0. The maximum absolute atomic E-state index is 11.8. The molecular formula is C19H30N4O4. The molecule has 2 fully saturated rings. The number of carboxylic acid groups (broad SMARTS) is 1. The first-order valence-corrected chi connectivity index (χ1v) is 9.62. The zero-order chi connectivity index (χ0) is 19.4. The average molecular weight is 378 g/mol. The number of morpholine rings is 1. The lowest BCUT2D eigenvalue weighted by Crippen LogP contribution is -2.40. The number of rotatable bonds is 6. The Balaban J connectivity index is 1.88. The Morgan fingerprint density at radius 2 is 1.89 bits per heavy atom. The summed E-state index contributed by atoms with van der Waals surface area (Å²) in [7, 11) is 2.00. The fraction of sp³-hybridized carbons (Fsp3) is 0.737. The molecular weight excluding hydrogens is 348 g/mol. The predicted molar refractivity (Wildman–Crippen MR) is 103 cm³/mol. The molecule has 3 heterocycles. The van der Waals surface area contributed by atoms with Gasteiger partial charge in [0.1, 0.15) is 5.82 Å². The molecule has 1 aromatic rings. The maximum Gasteiger partial charge on any atom is 0.313 e. The van der Waals surface area contributed by atoms with Gasteiger partial charge in [0.15, 0.2) is 0 Å². The molecule has 0 bridgehead atoms. The number of ether oxygens (including phenoxy) is 2. The highest BCUT2D eigenvalue weighted by atomic mass is 16.5. The summed E-state index contributed by atoms with van der Waals surface area (Å²) in [5.74, 6) is 1.01. The topological polar surface area (TPSA) is 88.0 Å². The fourth-order valence-corrected chi connectivity index (χ4v) is 3.52. The summed E-state index contributed by atoms with van der Waals surface area (Å²) in [5.41, 5.74) is -0.425. The standard InChI is InChI=1S/C19H30N4O4/c1-19(2,17(24)25)15-12-20-18(21-16(15)23-6-10-27-11-7-23)22(3)13-14-4-8-26-9-5-14/h12,14H,4-11,13H2,1-3H3,(H,24,25). The highest BCUT2D eigenvalue weighted by molar-refractivity contribution is 5.82. The van der Waals surface area contributed by atoms with E-state index in [1.807, 2.05) is 7.05 Å². The van der Waals surface area contributed by atoms with Gasteiger partial charge in [-0.05, 0) is 32.6 Å². The molecule has 2 saturated heterocycles. The Labute approximate surface area is 160 Å². The molecule has 2 aliphatic heterocycles. The number of aromatic nitrogens is 2. The van der Waals surface area contributed by atoms with Crippen molar-refractivity contribution in [3.8, 4) is 0 Å². The van der Waals surface area contributed by atoms with Crippen LogP contribution >= 0.6 is 0 Å². The van der Waals surface area contributed by atoms with Crippen molar-refractivity contribution in [1.29, 1.82) is 0 Å². The van der Waals surface area contributed by atoms with Crippen LogP contribution in [0.25, 0.3) is 0 Å². The van der Waals surface area contributed by atoms with Crippen LogP contribution in [-0.2, 0) is 19.7 Å². The van der Waals surface area contributed by atoms with Crippen molar-refractivity contribution in [3.63, 3.8) is 0 Å². The number of carboxylic acids is 1. The van der Waals surface area contributed by atoms with Gasteiger partial charge in [-0.15, -0.1) is 0 Å². The summed E-state index contributed by atoms with van der Waals surface area (Å²) in [6.45, 7) is 8.51. The van der Waals surface area contributed by atoms with Crippen LogP contribution in [0.5, 0.6) is 0 Å². The molecule has 0 unspecified atom stereocenters. The summed E-state index contributed by atoms with van der Waals surface area (Å²) in [5, 5.41) is 9.69. The van der Waals surface area contributed by atoms with Gasteiger partial charge in [0.25, 0.3) is 0 Å². The number of nitrogens with zero attached hydrogens (tertiary/aromatic N) is 4. The third-order valence-corrected chi connectivity index (χ3v) is 5.49. The highest BCUT2D eigenvalue weighted by Gasteiger charge is 2.35. The lowest BCUT2D eigenvalue weighted by atomic mass is 9.85. The Morgan fingerprint density at radius 3 is 2.52 bits per heavy atom. The minimum absolute atomic E-state index is 0.564. The lowest BCUT2D eigenvalue weighted by molar-refractivity contribution is -0.142. The molecule has 0 spiro atoms. The van der Waals surface area contributed by atoms with Crippen LogP contribution in [0, 0.1) is 5.92 Å². The smallest absolute Gasteiger partial charge is 0.313 e. The summed E-state index contributed by atoms with van der Waals surface area (Å²) < 4.78 is 10.9. The fourth-order valence-electron chi connectivity index (χ4n) is 3.52. The maximum atomic E-state index is 11.8. The Hall–Kier alpha value is -1.93. The van der Waals surface area contributed by atoms with Gasteiger partial charge in [0, 0.05) is 51.7 Å². The number of hydrogen-bond acceptors (Lipinski definition) is 7. The van der Waals surface area contributed by atoms with Crippen molar-refractivity contribution in [3.05, 3.63) is 11.8 Å². The van der Waals surface area contributed by atoms with Gasteiger partial charge in [0.2, 0.25) is 5.95 Å². The summed E-state index contributed by atoms with van der Waals surface area (Å²) in [4.78, 5) is 25.3. The van der Waals surface area contributed by atoms with Crippen molar-refractivity contribution >= 4 is 17.7 Å². The first-order chi connectivity index (χ1) is 12.9. The molecule has 150 valence electrons. The molecule has 0 saturated carbocycles. The molecule has 0 radical (unpaired) electrons. The van der Waals surface area contributed by atoms with Gasteiger partial charge in [-0.3, -0.25) is 4.79 Å². The van der Waals surface area contributed by atoms with Crippen molar-refractivity contribution in [1.82, 2.24) is 9.97 Å². The van der Waals surface area contributed by atoms with Gasteiger partial charge in [-0.2, -0.15) is 4.98 Å². The molecule has 0 atom stereocenters. The molecule has 27 heavy (non-hydrogen) atoms. The minimum Gasteiger partial charge on any atom is -0.481 e. The van der Waals surface area contributed by atoms with E-state index in [1.165, 1.54) is 0 Å². The van der Waals surface area contributed by atoms with Crippen molar-refractivity contribution in [2.75, 3.05) is 62.9 Å². The molecule has 1 aromatic heterocycles. The van der Waals surface area contributed by atoms with Gasteiger partial charge < -0.3 is 24.4 Å². The van der Waals surface area contributed by atoms with Gasteiger partial charge in [-0.1, -0.05) is 0 Å². The Morgan fingerprint density at radius 1 is 1.26 bits per heavy atom. The second kappa shape index (κ2) is 8.39. The average Bonchev–Trinajstić information content (AvgIpc) is 2.68. The van der Waals surface area contributed by atoms with Gasteiger partial charge in [0.05, 0.1) is 18.6 Å². The molecule has 8 nitrogen and oxygen atoms in total. The molecule has 2 aliphatic rings. The van der Waals surface area contributed by atoms with E-state index in [2.05, 4.69) is 14.8 Å². The van der Waals surface area contributed by atoms with Crippen molar-refractivity contribution < 1.29 is 19.4 Å². The first-order valence-electron chi connectivity index (χ1n) is 9.62. The van der Waals surface area contributed by atoms with E-state index < -0.39 is 11.4 Å². The highest BCUT2D eigenvalue weighted by Crippen LogP contribution is 2.32. The van der Waals surface area contributed by atoms with E-state index in [0.29, 0.717) is 49.6 Å². The Kier molecular flexibility index (Phi) is 6.16. The van der Waals surface area contributed by atoms with E-state index in [1.54, 1.807) is 20.0 Å². The molecule has 8 heteroatoms. The quantitative estimate of drug-likeness (QED) is 0.798. The summed E-state index contributed by atoms with van der Waals surface area (Å²) in [6.07, 6.45) is 3.78. The molecule has 1 N–H and O–H groups in total. The van der Waals surface area contributed by atoms with E-state index in [9.17, 15) is 9.90 Å². The van der Waals surface area contributed by atoms with E-state index in [-0.39, 0.29) is 0 Å². The largest absolute Gasteiger partial charge is 0.481 e. The second-order valence-corrected chi connectivity index (χ2v) is 7.87. The SMILES string of the molecule is CN(CC1CCOCC1)c1ncc(C(C)(C)C(=O)O)c(N2CCOCC2)n1. The zero-order valence-corrected chi connectivity index (χ0v) is 16.5. The van der Waals surface area contributed by atoms with Crippen LogP contribution in [0.15, 0.2) is 6.20 Å². The van der Waals surface area contributed by atoms with Crippen LogP contribution in [0.1, 0.15) is 32.3 Å². The summed E-state index contributed by atoms with van der Waals surface area (Å²) in [6, 6.07) is 0. The monoisotopic (exact) mass is 378 g/mol. The number of anilines is 2. The third-order valence-electron chi connectivity index (χ3n) is 5.49.